The molecule has 1 atom stereocenters. The summed E-state index contributed by atoms with van der Waals surface area (Å²) in [5.74, 6) is 0.790. The first-order valence-electron chi connectivity index (χ1n) is 7.27. The van der Waals surface area contributed by atoms with Crippen molar-refractivity contribution in [2.75, 3.05) is 14.1 Å². The summed E-state index contributed by atoms with van der Waals surface area (Å²) >= 11 is 0. The van der Waals surface area contributed by atoms with Crippen LogP contribution in [0.5, 0.6) is 0 Å². The van der Waals surface area contributed by atoms with Crippen molar-refractivity contribution in [2.45, 2.75) is 50.7 Å². The summed E-state index contributed by atoms with van der Waals surface area (Å²) in [6.07, 6.45) is 8.82. The highest BCUT2D eigenvalue weighted by Crippen LogP contribution is 2.38. The monoisotopic (exact) mass is 265 g/mol. The number of aliphatic hydroxyl groups is 1. The highest BCUT2D eigenvalue weighted by Gasteiger charge is 2.42. The quantitative estimate of drug-likeness (QED) is 0.903. The highest BCUT2D eigenvalue weighted by atomic mass is 16.3. The van der Waals surface area contributed by atoms with Gasteiger partial charge in [0.15, 0.2) is 0 Å². The third-order valence-electron chi connectivity index (χ3n) is 4.84. The second-order valence-electron chi connectivity index (χ2n) is 6.42. The maximum Gasteiger partial charge on any atom is 0.0765 e. The molecule has 4 nitrogen and oxygen atoms in total. The lowest BCUT2D eigenvalue weighted by molar-refractivity contribution is -0.0382. The molecule has 0 spiro atoms. The SMILES string of the molecule is CC1CCC(C(O)Cc2cnn(C)c2)(N(C)C)CC1. The Morgan fingerprint density at radius 2 is 2.11 bits per heavy atom. The first kappa shape index (κ1) is 14.5. The summed E-state index contributed by atoms with van der Waals surface area (Å²) in [7, 11) is 6.12. The van der Waals surface area contributed by atoms with Gasteiger partial charge in [-0.2, -0.15) is 5.10 Å². The van der Waals surface area contributed by atoms with Gasteiger partial charge < -0.3 is 10.0 Å². The summed E-state index contributed by atoms with van der Waals surface area (Å²) in [6, 6.07) is 0. The molecule has 0 aromatic carbocycles. The molecular formula is C15H27N3O. The fourth-order valence-electron chi connectivity index (χ4n) is 3.33. The van der Waals surface area contributed by atoms with E-state index < -0.39 is 0 Å². The molecule has 2 rings (SSSR count). The van der Waals surface area contributed by atoms with E-state index in [4.69, 9.17) is 0 Å². The molecule has 0 radical (unpaired) electrons. The maximum absolute atomic E-state index is 10.8. The largest absolute Gasteiger partial charge is 0.391 e. The van der Waals surface area contributed by atoms with Crippen molar-refractivity contribution in [1.82, 2.24) is 14.7 Å². The van der Waals surface area contributed by atoms with Crippen LogP contribution in [-0.4, -0.2) is 45.5 Å². The first-order chi connectivity index (χ1) is 8.94. The van der Waals surface area contributed by atoms with Crippen molar-refractivity contribution in [1.29, 1.82) is 0 Å². The van der Waals surface area contributed by atoms with Gasteiger partial charge in [-0.3, -0.25) is 4.68 Å². The molecule has 0 saturated heterocycles. The molecule has 1 aromatic heterocycles. The fraction of sp³-hybridized carbons (Fsp3) is 0.800. The van der Waals surface area contributed by atoms with Crippen LogP contribution in [0.15, 0.2) is 12.4 Å². The number of nitrogens with zero attached hydrogens (tertiary/aromatic N) is 3. The minimum Gasteiger partial charge on any atom is -0.391 e. The summed E-state index contributed by atoms with van der Waals surface area (Å²) < 4.78 is 1.80. The number of aromatic nitrogens is 2. The van der Waals surface area contributed by atoms with Crippen LogP contribution in [0.3, 0.4) is 0 Å². The van der Waals surface area contributed by atoms with Gasteiger partial charge in [0.25, 0.3) is 0 Å². The van der Waals surface area contributed by atoms with Crippen LogP contribution in [-0.2, 0) is 13.5 Å². The molecule has 1 N–H and O–H groups in total. The van der Waals surface area contributed by atoms with Crippen molar-refractivity contribution >= 4 is 0 Å². The van der Waals surface area contributed by atoms with Gasteiger partial charge in [0, 0.05) is 25.2 Å². The minimum atomic E-state index is -0.320. The zero-order valence-electron chi connectivity index (χ0n) is 12.6. The molecule has 1 heterocycles. The average Bonchev–Trinajstić information content (AvgIpc) is 2.75. The van der Waals surface area contributed by atoms with Crippen molar-refractivity contribution in [3.05, 3.63) is 18.0 Å². The lowest BCUT2D eigenvalue weighted by Crippen LogP contribution is -2.56. The summed E-state index contributed by atoms with van der Waals surface area (Å²) in [5, 5.41) is 15.0. The lowest BCUT2D eigenvalue weighted by Gasteiger charge is -2.47. The second kappa shape index (κ2) is 5.63. The molecule has 19 heavy (non-hydrogen) atoms. The van der Waals surface area contributed by atoms with Crippen molar-refractivity contribution < 1.29 is 5.11 Å². The van der Waals surface area contributed by atoms with Gasteiger partial charge in [-0.15, -0.1) is 0 Å². The van der Waals surface area contributed by atoms with Crippen LogP contribution in [0.4, 0.5) is 0 Å². The number of hydrogen-bond donors (Lipinski definition) is 1. The Hall–Kier alpha value is -0.870. The van der Waals surface area contributed by atoms with E-state index in [1.165, 1.54) is 12.8 Å². The summed E-state index contributed by atoms with van der Waals surface area (Å²) in [4.78, 5) is 2.24. The van der Waals surface area contributed by atoms with E-state index in [9.17, 15) is 5.11 Å². The van der Waals surface area contributed by atoms with Crippen LogP contribution >= 0.6 is 0 Å². The van der Waals surface area contributed by atoms with Crippen molar-refractivity contribution in [3.63, 3.8) is 0 Å². The third-order valence-corrected chi connectivity index (χ3v) is 4.84. The van der Waals surface area contributed by atoms with E-state index in [0.29, 0.717) is 6.42 Å². The second-order valence-corrected chi connectivity index (χ2v) is 6.42. The van der Waals surface area contributed by atoms with E-state index >= 15 is 0 Å². The number of likely N-dealkylation sites (N-methyl/N-ethyl adjacent to an activating group) is 1. The van der Waals surface area contributed by atoms with Gasteiger partial charge in [-0.1, -0.05) is 6.92 Å². The van der Waals surface area contributed by atoms with Gasteiger partial charge in [0.1, 0.15) is 0 Å². The smallest absolute Gasteiger partial charge is 0.0765 e. The first-order valence-corrected chi connectivity index (χ1v) is 7.27. The molecule has 0 amide bonds. The standard InChI is InChI=1S/C15H27N3O/c1-12-5-7-15(8-6-12,17(2)3)14(19)9-13-10-16-18(4)11-13/h10-12,14,19H,5-9H2,1-4H3. The zero-order chi connectivity index (χ0) is 14.0. The van der Waals surface area contributed by atoms with E-state index in [1.807, 2.05) is 19.4 Å². The Labute approximate surface area is 116 Å². The number of hydrogen-bond acceptors (Lipinski definition) is 3. The van der Waals surface area contributed by atoms with E-state index in [2.05, 4.69) is 31.0 Å². The predicted octanol–water partition coefficient (Wildman–Crippen LogP) is 1.83. The molecule has 4 heteroatoms. The number of aryl methyl sites for hydroxylation is 1. The molecule has 1 saturated carbocycles. The van der Waals surface area contributed by atoms with Gasteiger partial charge in [0.2, 0.25) is 0 Å². The Balaban J connectivity index is 2.10. The van der Waals surface area contributed by atoms with E-state index in [-0.39, 0.29) is 11.6 Å². The van der Waals surface area contributed by atoms with Crippen LogP contribution in [0.1, 0.15) is 38.2 Å². The van der Waals surface area contributed by atoms with Crippen molar-refractivity contribution in [3.8, 4) is 0 Å². The lowest BCUT2D eigenvalue weighted by atomic mass is 9.72. The molecule has 1 aliphatic rings. The summed E-state index contributed by atoms with van der Waals surface area (Å²) in [6.45, 7) is 2.31. The van der Waals surface area contributed by atoms with E-state index in [0.717, 1.165) is 24.3 Å². The number of aliphatic hydroxyl groups excluding tert-OH is 1. The number of rotatable bonds is 4. The molecule has 1 aromatic rings. The van der Waals surface area contributed by atoms with Gasteiger partial charge in [-0.25, -0.2) is 0 Å². The molecule has 0 aliphatic heterocycles. The maximum atomic E-state index is 10.8. The molecule has 1 aliphatic carbocycles. The van der Waals surface area contributed by atoms with Crippen LogP contribution in [0.25, 0.3) is 0 Å². The Morgan fingerprint density at radius 1 is 1.47 bits per heavy atom. The topological polar surface area (TPSA) is 41.3 Å². The van der Waals surface area contributed by atoms with Crippen LogP contribution in [0, 0.1) is 5.92 Å². The minimum absolute atomic E-state index is 0.0671. The zero-order valence-corrected chi connectivity index (χ0v) is 12.6. The molecule has 0 bridgehead atoms. The Morgan fingerprint density at radius 3 is 2.58 bits per heavy atom. The molecule has 1 unspecified atom stereocenters. The van der Waals surface area contributed by atoms with Crippen LogP contribution < -0.4 is 0 Å². The highest BCUT2D eigenvalue weighted by molar-refractivity contribution is 5.09. The van der Waals surface area contributed by atoms with Gasteiger partial charge in [-0.05, 0) is 51.3 Å². The normalized spacial score (nSPS) is 29.7. The van der Waals surface area contributed by atoms with E-state index in [1.54, 1.807) is 4.68 Å². The van der Waals surface area contributed by atoms with Crippen molar-refractivity contribution in [2.24, 2.45) is 13.0 Å². The average molecular weight is 265 g/mol. The molecule has 108 valence electrons. The molecule has 1 fully saturated rings. The predicted molar refractivity (Wildman–Crippen MR) is 77.0 cm³/mol. The summed E-state index contributed by atoms with van der Waals surface area (Å²) in [5.41, 5.74) is 1.05. The fourth-order valence-corrected chi connectivity index (χ4v) is 3.33. The molecular weight excluding hydrogens is 238 g/mol. The van der Waals surface area contributed by atoms with Crippen LogP contribution in [0.2, 0.25) is 0 Å². The Bertz CT molecular complexity index is 405. The van der Waals surface area contributed by atoms with Gasteiger partial charge in [0.05, 0.1) is 12.3 Å². The Kier molecular flexibility index (Phi) is 4.31. The third kappa shape index (κ3) is 3.00. The van der Waals surface area contributed by atoms with Gasteiger partial charge >= 0.3 is 0 Å².